The zero-order valence-electron chi connectivity index (χ0n) is 20.8. The molecule has 1 aromatic carbocycles. The summed E-state index contributed by atoms with van der Waals surface area (Å²) in [5.41, 5.74) is 1.05. The van der Waals surface area contributed by atoms with Crippen LogP contribution in [0.4, 0.5) is 4.79 Å². The molecule has 190 valence electrons. The number of thiophene rings is 1. The highest BCUT2D eigenvalue weighted by Gasteiger charge is 2.24. The molecule has 1 aliphatic rings. The lowest BCUT2D eigenvalue weighted by molar-refractivity contribution is -0.132. The lowest BCUT2D eigenvalue weighted by Crippen LogP contribution is -2.49. The maximum atomic E-state index is 13.4. The van der Waals surface area contributed by atoms with Crippen LogP contribution in [0.3, 0.4) is 0 Å². The smallest absolute Gasteiger partial charge is 0.318 e. The van der Waals surface area contributed by atoms with Crippen molar-refractivity contribution in [3.63, 3.8) is 0 Å². The van der Waals surface area contributed by atoms with Crippen LogP contribution in [0, 0.1) is 0 Å². The summed E-state index contributed by atoms with van der Waals surface area (Å²) in [4.78, 5) is 30.9. The van der Waals surface area contributed by atoms with E-state index in [1.54, 1.807) is 36.5 Å². The van der Waals surface area contributed by atoms with Crippen LogP contribution < -0.4 is 14.8 Å². The predicted molar refractivity (Wildman–Crippen MR) is 140 cm³/mol. The minimum absolute atomic E-state index is 0.0158. The summed E-state index contributed by atoms with van der Waals surface area (Å²) in [6.07, 6.45) is 7.81. The van der Waals surface area contributed by atoms with Crippen molar-refractivity contribution in [2.45, 2.75) is 51.1 Å². The van der Waals surface area contributed by atoms with E-state index < -0.39 is 0 Å². The fraction of sp³-hybridized carbons (Fsp3) is 0.481. The van der Waals surface area contributed by atoms with E-state index in [0.29, 0.717) is 37.6 Å². The molecule has 0 unspecified atom stereocenters. The number of rotatable bonds is 12. The maximum absolute atomic E-state index is 13.4. The molecule has 0 bridgehead atoms. The van der Waals surface area contributed by atoms with Crippen LogP contribution in [0.1, 0.15) is 42.5 Å². The van der Waals surface area contributed by atoms with Gasteiger partial charge >= 0.3 is 6.03 Å². The minimum Gasteiger partial charge on any atom is -0.493 e. The molecule has 2 aromatic rings. The third kappa shape index (κ3) is 8.02. The second-order valence-electron chi connectivity index (χ2n) is 8.79. The molecule has 3 rings (SSSR count). The van der Waals surface area contributed by atoms with Gasteiger partial charge in [-0.2, -0.15) is 0 Å². The van der Waals surface area contributed by atoms with Crippen molar-refractivity contribution in [3.05, 3.63) is 58.8 Å². The number of nitrogens with zero attached hydrogens (tertiary/aromatic N) is 2. The van der Waals surface area contributed by atoms with Gasteiger partial charge in [-0.1, -0.05) is 37.5 Å². The van der Waals surface area contributed by atoms with Crippen molar-refractivity contribution in [2.24, 2.45) is 0 Å². The van der Waals surface area contributed by atoms with E-state index in [4.69, 9.17) is 9.47 Å². The maximum Gasteiger partial charge on any atom is 0.318 e. The number of benzene rings is 1. The van der Waals surface area contributed by atoms with Gasteiger partial charge in [-0.25, -0.2) is 4.79 Å². The van der Waals surface area contributed by atoms with Gasteiger partial charge in [0, 0.05) is 24.0 Å². The van der Waals surface area contributed by atoms with Crippen molar-refractivity contribution < 1.29 is 19.1 Å². The number of carbonyl (C=O) groups excluding carboxylic acids is 2. The molecule has 1 N–H and O–H groups in total. The highest BCUT2D eigenvalue weighted by molar-refractivity contribution is 7.09. The third-order valence-corrected chi connectivity index (χ3v) is 7.15. The summed E-state index contributed by atoms with van der Waals surface area (Å²) in [6, 6.07) is 9.80. The van der Waals surface area contributed by atoms with Crippen LogP contribution in [-0.2, 0) is 17.8 Å². The van der Waals surface area contributed by atoms with Crippen LogP contribution in [-0.4, -0.2) is 61.6 Å². The molecule has 0 spiro atoms. The molecule has 8 heteroatoms. The first-order chi connectivity index (χ1) is 17.0. The summed E-state index contributed by atoms with van der Waals surface area (Å²) in [5, 5.41) is 5.13. The van der Waals surface area contributed by atoms with E-state index in [1.165, 1.54) is 6.42 Å². The molecule has 1 fully saturated rings. The number of hydrogen-bond acceptors (Lipinski definition) is 5. The summed E-state index contributed by atoms with van der Waals surface area (Å²) in [6.45, 7) is 5.16. The normalized spacial score (nSPS) is 13.7. The largest absolute Gasteiger partial charge is 0.493 e. The molecule has 1 aliphatic carbocycles. The molecule has 1 heterocycles. The molecular weight excluding hydrogens is 462 g/mol. The molecule has 1 saturated carbocycles. The Kier molecular flexibility index (Phi) is 10.5. The number of nitrogens with one attached hydrogen (secondary N) is 1. The summed E-state index contributed by atoms with van der Waals surface area (Å²) < 4.78 is 10.7. The van der Waals surface area contributed by atoms with Gasteiger partial charge in [-0.15, -0.1) is 17.9 Å². The van der Waals surface area contributed by atoms with E-state index in [1.807, 2.05) is 40.6 Å². The third-order valence-electron chi connectivity index (χ3n) is 6.29. The number of ether oxygens (including phenoxy) is 2. The molecule has 0 aliphatic heterocycles. The molecule has 0 saturated heterocycles. The molecule has 7 nitrogen and oxygen atoms in total. The Balaban J connectivity index is 1.68. The summed E-state index contributed by atoms with van der Waals surface area (Å²) in [5.74, 6) is 1.25. The van der Waals surface area contributed by atoms with Gasteiger partial charge < -0.3 is 24.6 Å². The highest BCUT2D eigenvalue weighted by atomic mass is 32.1. The topological polar surface area (TPSA) is 71.1 Å². The Labute approximate surface area is 212 Å². The second-order valence-corrected chi connectivity index (χ2v) is 9.82. The van der Waals surface area contributed by atoms with Crippen LogP contribution in [0.25, 0.3) is 0 Å². The van der Waals surface area contributed by atoms with Gasteiger partial charge in [0.1, 0.15) is 6.54 Å². The van der Waals surface area contributed by atoms with E-state index in [9.17, 15) is 9.59 Å². The van der Waals surface area contributed by atoms with E-state index >= 15 is 0 Å². The van der Waals surface area contributed by atoms with Gasteiger partial charge in [0.2, 0.25) is 5.91 Å². The van der Waals surface area contributed by atoms with Crippen molar-refractivity contribution in [1.29, 1.82) is 0 Å². The fourth-order valence-electron chi connectivity index (χ4n) is 4.33. The quantitative estimate of drug-likeness (QED) is 0.423. The number of urea groups is 1. The Hall–Kier alpha value is -3.00. The lowest BCUT2D eigenvalue weighted by atomic mass is 9.96. The van der Waals surface area contributed by atoms with E-state index in [-0.39, 0.29) is 24.5 Å². The average Bonchev–Trinajstić information content (AvgIpc) is 3.39. The number of amides is 3. The molecule has 0 radical (unpaired) electrons. The lowest BCUT2D eigenvalue weighted by Gasteiger charge is -2.29. The molecular formula is C27H37N3O4S. The molecule has 0 atom stereocenters. The zero-order valence-corrected chi connectivity index (χ0v) is 21.6. The van der Waals surface area contributed by atoms with Crippen LogP contribution in [0.2, 0.25) is 0 Å². The van der Waals surface area contributed by atoms with Crippen molar-refractivity contribution in [1.82, 2.24) is 15.1 Å². The van der Waals surface area contributed by atoms with E-state index in [2.05, 4.69) is 11.9 Å². The monoisotopic (exact) mass is 499 g/mol. The standard InChI is InChI=1S/C27H37N3O4S/c1-4-15-30(27(32)28-22-9-6-5-7-10-22)20-26(31)29(19-23-11-8-17-35-23)16-14-21-12-13-24(33-2)25(18-21)34-3/h4,8,11-13,17-18,22H,1,5-7,9-10,14-16,19-20H2,2-3H3,(H,28,32). The predicted octanol–water partition coefficient (Wildman–Crippen LogP) is 4.87. The Bertz CT molecular complexity index is 957. The fourth-order valence-corrected chi connectivity index (χ4v) is 5.05. The van der Waals surface area contributed by atoms with Crippen molar-refractivity contribution in [3.8, 4) is 11.5 Å². The first-order valence-electron chi connectivity index (χ1n) is 12.2. The number of hydrogen-bond donors (Lipinski definition) is 1. The van der Waals surface area contributed by atoms with Gasteiger partial charge in [-0.3, -0.25) is 4.79 Å². The average molecular weight is 500 g/mol. The zero-order chi connectivity index (χ0) is 25.0. The molecule has 1 aromatic heterocycles. The van der Waals surface area contributed by atoms with E-state index in [0.717, 1.165) is 36.1 Å². The second kappa shape index (κ2) is 13.8. The van der Waals surface area contributed by atoms with Gasteiger partial charge in [0.15, 0.2) is 11.5 Å². The van der Waals surface area contributed by atoms with Gasteiger partial charge in [0.25, 0.3) is 0 Å². The molecule has 35 heavy (non-hydrogen) atoms. The summed E-state index contributed by atoms with van der Waals surface area (Å²) in [7, 11) is 3.22. The Morgan fingerprint density at radius 2 is 1.89 bits per heavy atom. The summed E-state index contributed by atoms with van der Waals surface area (Å²) >= 11 is 1.62. The first kappa shape index (κ1) is 26.6. The Morgan fingerprint density at radius 1 is 1.11 bits per heavy atom. The number of carbonyl (C=O) groups is 2. The molecule has 3 amide bonds. The van der Waals surface area contributed by atoms with Crippen LogP contribution in [0.15, 0.2) is 48.4 Å². The van der Waals surface area contributed by atoms with Crippen LogP contribution >= 0.6 is 11.3 Å². The van der Waals surface area contributed by atoms with Gasteiger partial charge in [0.05, 0.1) is 20.8 Å². The number of methoxy groups -OCH3 is 2. The van der Waals surface area contributed by atoms with Crippen molar-refractivity contribution in [2.75, 3.05) is 33.9 Å². The van der Waals surface area contributed by atoms with Crippen molar-refractivity contribution >= 4 is 23.3 Å². The SMILES string of the molecule is C=CCN(CC(=O)N(CCc1ccc(OC)c(OC)c1)Cc1cccs1)C(=O)NC1CCCCC1. The highest BCUT2D eigenvalue weighted by Crippen LogP contribution is 2.28. The van der Waals surface area contributed by atoms with Crippen LogP contribution in [0.5, 0.6) is 11.5 Å². The Morgan fingerprint density at radius 3 is 2.54 bits per heavy atom. The minimum atomic E-state index is -0.193. The first-order valence-corrected chi connectivity index (χ1v) is 13.1. The van der Waals surface area contributed by atoms with Gasteiger partial charge in [-0.05, 0) is 48.4 Å².